The lowest BCUT2D eigenvalue weighted by Crippen LogP contribution is -2.50. The number of hydrogen-bond donors (Lipinski definition) is 1. The molecule has 1 aromatic heterocycles. The van der Waals surface area contributed by atoms with Crippen LogP contribution in [-0.2, 0) is 11.2 Å². The third-order valence-electron chi connectivity index (χ3n) is 5.39. The zero-order valence-electron chi connectivity index (χ0n) is 19.3. The maximum Gasteiger partial charge on any atom is 0.317 e. The number of ether oxygens (including phenoxy) is 2. The van der Waals surface area contributed by atoms with E-state index in [-0.39, 0.29) is 30.4 Å². The minimum absolute atomic E-state index is 0.0547. The van der Waals surface area contributed by atoms with Gasteiger partial charge >= 0.3 is 6.03 Å². The Bertz CT molecular complexity index is 914. The Kier molecular flexibility index (Phi) is 8.39. The van der Waals surface area contributed by atoms with Crippen LogP contribution in [0.1, 0.15) is 37.3 Å². The van der Waals surface area contributed by atoms with Crippen LogP contribution in [0.3, 0.4) is 0 Å². The van der Waals surface area contributed by atoms with Crippen molar-refractivity contribution >= 4 is 23.3 Å². The van der Waals surface area contributed by atoms with E-state index in [4.69, 9.17) is 9.47 Å². The van der Waals surface area contributed by atoms with Crippen LogP contribution in [0.25, 0.3) is 0 Å². The highest BCUT2D eigenvalue weighted by Gasteiger charge is 2.33. The number of hydrogen-bond acceptors (Lipinski definition) is 5. The molecule has 8 heteroatoms. The minimum Gasteiger partial charge on any atom is -0.497 e. The van der Waals surface area contributed by atoms with Crippen molar-refractivity contribution in [2.75, 3.05) is 39.9 Å². The van der Waals surface area contributed by atoms with Crippen LogP contribution in [0.2, 0.25) is 0 Å². The summed E-state index contributed by atoms with van der Waals surface area (Å²) >= 11 is 1.72. The lowest BCUT2D eigenvalue weighted by molar-refractivity contribution is -0.135. The van der Waals surface area contributed by atoms with Crippen molar-refractivity contribution < 1.29 is 19.1 Å². The van der Waals surface area contributed by atoms with Crippen molar-refractivity contribution in [2.24, 2.45) is 5.92 Å². The van der Waals surface area contributed by atoms with Crippen LogP contribution in [0, 0.1) is 5.92 Å². The molecule has 1 aliphatic heterocycles. The Morgan fingerprint density at radius 2 is 2.06 bits per heavy atom. The standard InChI is InChI=1S/C24H33N3O4S/c1-5-25-24(29)26(14-17(2)3)15-23(28)27-11-9-22-20(10-12-32-22)21(27)16-31-19-8-6-7-18(13-19)30-4/h6-8,10,12-13,17,21H,5,9,11,14-16H2,1-4H3,(H,25,29)/t21-/m0/s1. The summed E-state index contributed by atoms with van der Waals surface area (Å²) in [4.78, 5) is 30.7. The SMILES string of the molecule is CCNC(=O)N(CC(=O)N1CCc2sccc2[C@@H]1COc1cccc(OC)c1)CC(C)C. The van der Waals surface area contributed by atoms with Crippen molar-refractivity contribution in [3.63, 3.8) is 0 Å². The zero-order valence-corrected chi connectivity index (χ0v) is 20.1. The number of nitrogens with zero attached hydrogens (tertiary/aromatic N) is 2. The van der Waals surface area contributed by atoms with Crippen LogP contribution in [0.4, 0.5) is 4.79 Å². The molecule has 0 fully saturated rings. The lowest BCUT2D eigenvalue weighted by Gasteiger charge is -2.37. The zero-order chi connectivity index (χ0) is 23.1. The Morgan fingerprint density at radius 3 is 2.78 bits per heavy atom. The van der Waals surface area contributed by atoms with E-state index in [9.17, 15) is 9.59 Å². The highest BCUT2D eigenvalue weighted by molar-refractivity contribution is 7.10. The van der Waals surface area contributed by atoms with E-state index in [2.05, 4.69) is 16.8 Å². The van der Waals surface area contributed by atoms with Gasteiger partial charge in [0.2, 0.25) is 5.91 Å². The van der Waals surface area contributed by atoms with Gasteiger partial charge in [0.25, 0.3) is 0 Å². The van der Waals surface area contributed by atoms with Gasteiger partial charge in [0, 0.05) is 30.6 Å². The molecule has 0 aliphatic carbocycles. The van der Waals surface area contributed by atoms with Crippen molar-refractivity contribution in [3.8, 4) is 11.5 Å². The monoisotopic (exact) mass is 459 g/mol. The molecule has 0 saturated heterocycles. The van der Waals surface area contributed by atoms with Gasteiger partial charge in [-0.25, -0.2) is 4.79 Å². The van der Waals surface area contributed by atoms with Crippen LogP contribution >= 0.6 is 11.3 Å². The molecular formula is C24H33N3O4S. The molecule has 0 radical (unpaired) electrons. The Morgan fingerprint density at radius 1 is 1.28 bits per heavy atom. The van der Waals surface area contributed by atoms with Crippen molar-refractivity contribution in [1.29, 1.82) is 0 Å². The van der Waals surface area contributed by atoms with Crippen molar-refractivity contribution in [2.45, 2.75) is 33.2 Å². The van der Waals surface area contributed by atoms with Gasteiger partial charge in [-0.15, -0.1) is 11.3 Å². The van der Waals surface area contributed by atoms with E-state index in [0.29, 0.717) is 32.0 Å². The molecule has 1 N–H and O–H groups in total. The number of fused-ring (bicyclic) bond motifs is 1. The molecule has 7 nitrogen and oxygen atoms in total. The van der Waals surface area contributed by atoms with Gasteiger partial charge < -0.3 is 24.6 Å². The summed E-state index contributed by atoms with van der Waals surface area (Å²) in [5.74, 6) is 1.62. The third kappa shape index (κ3) is 5.94. The number of nitrogens with one attached hydrogen (secondary N) is 1. The summed E-state index contributed by atoms with van der Waals surface area (Å²) in [5.41, 5.74) is 1.13. The maximum absolute atomic E-state index is 13.4. The molecule has 3 amide bonds. The fraction of sp³-hybridized carbons (Fsp3) is 0.500. The predicted octanol–water partition coefficient (Wildman–Crippen LogP) is 3.95. The normalized spacial score (nSPS) is 15.3. The first kappa shape index (κ1) is 23.9. The first-order valence-electron chi connectivity index (χ1n) is 11.1. The Labute approximate surface area is 194 Å². The molecule has 174 valence electrons. The van der Waals surface area contributed by atoms with Crippen molar-refractivity contribution in [3.05, 3.63) is 46.2 Å². The van der Waals surface area contributed by atoms with Crippen LogP contribution in [0.5, 0.6) is 11.5 Å². The van der Waals surface area contributed by atoms with Gasteiger partial charge in [-0.05, 0) is 48.4 Å². The highest BCUT2D eigenvalue weighted by Crippen LogP contribution is 2.34. The quantitative estimate of drug-likeness (QED) is 0.616. The molecule has 1 atom stereocenters. The van der Waals surface area contributed by atoms with Gasteiger partial charge in [0.05, 0.1) is 13.2 Å². The van der Waals surface area contributed by atoms with Gasteiger partial charge in [0.15, 0.2) is 0 Å². The summed E-state index contributed by atoms with van der Waals surface area (Å²) in [6.07, 6.45) is 0.819. The molecule has 32 heavy (non-hydrogen) atoms. The second-order valence-electron chi connectivity index (χ2n) is 8.25. The average Bonchev–Trinajstić information content (AvgIpc) is 3.26. The molecule has 1 aromatic carbocycles. The maximum atomic E-state index is 13.4. The first-order valence-corrected chi connectivity index (χ1v) is 12.0. The number of carbonyl (C=O) groups excluding carboxylic acids is 2. The summed E-state index contributed by atoms with van der Waals surface area (Å²) in [6, 6.07) is 9.14. The largest absolute Gasteiger partial charge is 0.497 e. The fourth-order valence-corrected chi connectivity index (χ4v) is 4.85. The number of benzene rings is 1. The van der Waals surface area contributed by atoms with Crippen LogP contribution < -0.4 is 14.8 Å². The van der Waals surface area contributed by atoms with Crippen LogP contribution in [0.15, 0.2) is 35.7 Å². The van der Waals surface area contributed by atoms with Gasteiger partial charge in [0.1, 0.15) is 24.7 Å². The Hall–Kier alpha value is -2.74. The summed E-state index contributed by atoms with van der Waals surface area (Å²) in [6.45, 7) is 8.03. The second-order valence-corrected chi connectivity index (χ2v) is 9.25. The summed E-state index contributed by atoms with van der Waals surface area (Å²) in [7, 11) is 1.62. The van der Waals surface area contributed by atoms with E-state index in [1.807, 2.05) is 49.9 Å². The number of rotatable bonds is 9. The number of amides is 3. The van der Waals surface area contributed by atoms with Gasteiger partial charge in [-0.1, -0.05) is 19.9 Å². The molecule has 0 bridgehead atoms. The van der Waals surface area contributed by atoms with Gasteiger partial charge in [-0.3, -0.25) is 4.79 Å². The first-order chi connectivity index (χ1) is 15.4. The van der Waals surface area contributed by atoms with Crippen molar-refractivity contribution in [1.82, 2.24) is 15.1 Å². The summed E-state index contributed by atoms with van der Waals surface area (Å²) in [5, 5.41) is 4.89. The topological polar surface area (TPSA) is 71.1 Å². The number of urea groups is 1. The van der Waals surface area contributed by atoms with E-state index >= 15 is 0 Å². The van der Waals surface area contributed by atoms with Crippen LogP contribution in [-0.4, -0.2) is 61.6 Å². The molecule has 3 rings (SSSR count). The fourth-order valence-electron chi connectivity index (χ4n) is 3.92. The number of methoxy groups -OCH3 is 1. The smallest absolute Gasteiger partial charge is 0.317 e. The lowest BCUT2D eigenvalue weighted by atomic mass is 10.0. The molecule has 0 spiro atoms. The van der Waals surface area contributed by atoms with E-state index in [0.717, 1.165) is 17.7 Å². The van der Waals surface area contributed by atoms with Gasteiger partial charge in [-0.2, -0.15) is 0 Å². The predicted molar refractivity (Wildman–Crippen MR) is 126 cm³/mol. The minimum atomic E-state index is -0.202. The molecule has 1 aliphatic rings. The second kappa shape index (κ2) is 11.2. The Balaban J connectivity index is 1.76. The molecule has 2 aromatic rings. The molecule has 2 heterocycles. The van der Waals surface area contributed by atoms with E-state index in [1.165, 1.54) is 4.88 Å². The third-order valence-corrected chi connectivity index (χ3v) is 6.39. The summed E-state index contributed by atoms with van der Waals surface area (Å²) < 4.78 is 11.4. The number of thiophene rings is 1. The molecule has 0 saturated carbocycles. The average molecular weight is 460 g/mol. The van der Waals surface area contributed by atoms with E-state index in [1.54, 1.807) is 23.3 Å². The highest BCUT2D eigenvalue weighted by atomic mass is 32.1. The van der Waals surface area contributed by atoms with E-state index < -0.39 is 0 Å². The molecular weight excluding hydrogens is 426 g/mol. The number of carbonyl (C=O) groups is 2. The molecule has 0 unspecified atom stereocenters.